The Morgan fingerprint density at radius 3 is 1.95 bits per heavy atom. The molecule has 0 radical (unpaired) electrons. The molecule has 7 N–H and O–H groups in total. The molecule has 3 aromatic carbocycles. The van der Waals surface area contributed by atoms with Crippen LogP contribution in [0.4, 0.5) is 20.1 Å². The van der Waals surface area contributed by atoms with Crippen LogP contribution in [0.1, 0.15) is 118 Å². The van der Waals surface area contributed by atoms with Gasteiger partial charge in [0.25, 0.3) is 11.7 Å². The SMILES string of the molecule is CC(C(=O)OC(C)(C)C)[C@@H]1[C@@H](N=O)C(O[C@H]2C(NC(=O)OCC3c4ccccc4-c4ccccc43)CC(NC(=O)OC(C)(C)C)[C@@H](C[C@H]3OC(CN=C(N)OCc4ccc([N+](=O)[O-])cc4)=CC[C@H]3NC(=O)OC(C)(C)C)[C@@H]2O)OC[C@]1(C)O. The van der Waals surface area contributed by atoms with Crippen LogP contribution in [0.5, 0.6) is 0 Å². The maximum Gasteiger partial charge on any atom is 0.408 e. The number of alkyl carbamates (subject to hydrolysis) is 3. The van der Waals surface area contributed by atoms with Crippen LogP contribution in [-0.2, 0) is 49.3 Å². The Kier molecular flexibility index (Phi) is 19.8. The van der Waals surface area contributed by atoms with E-state index in [0.717, 1.165) is 22.3 Å². The molecule has 83 heavy (non-hydrogen) atoms. The molecule has 0 aromatic heterocycles. The highest BCUT2D eigenvalue weighted by Gasteiger charge is 2.56. The maximum absolute atomic E-state index is 14.3. The van der Waals surface area contributed by atoms with Crippen molar-refractivity contribution in [2.24, 2.45) is 33.7 Å². The van der Waals surface area contributed by atoms with Gasteiger partial charge in [-0.05, 0) is 135 Å². The fourth-order valence-corrected chi connectivity index (χ4v) is 11.1. The summed E-state index contributed by atoms with van der Waals surface area (Å²) in [6.07, 6.45) is -6.92. The van der Waals surface area contributed by atoms with Crippen LogP contribution in [-0.4, -0.2) is 136 Å². The zero-order valence-electron chi connectivity index (χ0n) is 48.8. The van der Waals surface area contributed by atoms with Gasteiger partial charge < -0.3 is 69.8 Å². The third-order valence-corrected chi connectivity index (χ3v) is 14.7. The first-order chi connectivity index (χ1) is 38.9. The number of aliphatic hydroxyl groups is 2. The molecule has 7 rings (SSSR count). The monoisotopic (exact) mass is 1160 g/mol. The van der Waals surface area contributed by atoms with Crippen LogP contribution in [0.15, 0.2) is 94.8 Å². The summed E-state index contributed by atoms with van der Waals surface area (Å²) in [5.74, 6) is -4.24. The molecule has 4 aliphatic rings. The number of esters is 1. The second-order valence-electron chi connectivity index (χ2n) is 24.7. The van der Waals surface area contributed by atoms with Crippen molar-refractivity contribution in [3.05, 3.63) is 116 Å². The summed E-state index contributed by atoms with van der Waals surface area (Å²) in [5.41, 5.74) is 5.94. The average Bonchev–Trinajstić information content (AvgIpc) is 2.59. The molecule has 452 valence electrons. The van der Waals surface area contributed by atoms with E-state index in [-0.39, 0.29) is 62.4 Å². The summed E-state index contributed by atoms with van der Waals surface area (Å²) in [6, 6.07) is 16.4. The summed E-state index contributed by atoms with van der Waals surface area (Å²) < 4.78 is 48.1. The number of fused-ring (bicyclic) bond motifs is 3. The minimum atomic E-state index is -1.82. The van der Waals surface area contributed by atoms with E-state index in [4.69, 9.17) is 43.6 Å². The Morgan fingerprint density at radius 1 is 0.819 bits per heavy atom. The van der Waals surface area contributed by atoms with Crippen molar-refractivity contribution in [2.75, 3.05) is 19.8 Å². The molecule has 2 aliphatic carbocycles. The van der Waals surface area contributed by atoms with E-state index in [1.807, 2.05) is 48.5 Å². The van der Waals surface area contributed by atoms with Gasteiger partial charge in [-0.15, -0.1) is 0 Å². The lowest BCUT2D eigenvalue weighted by molar-refractivity contribution is -0.384. The van der Waals surface area contributed by atoms with Gasteiger partial charge in [0, 0.05) is 35.9 Å². The number of nitrogens with two attached hydrogens (primary N) is 1. The Labute approximate surface area is 482 Å². The number of non-ortho nitro benzene ring substituents is 1. The minimum Gasteiger partial charge on any atom is -0.491 e. The molecule has 3 aromatic rings. The molecule has 2 heterocycles. The third-order valence-electron chi connectivity index (χ3n) is 14.7. The Morgan fingerprint density at radius 2 is 1.39 bits per heavy atom. The van der Waals surface area contributed by atoms with Crippen LogP contribution >= 0.6 is 0 Å². The van der Waals surface area contributed by atoms with Gasteiger partial charge in [-0.25, -0.2) is 19.4 Å². The van der Waals surface area contributed by atoms with Gasteiger partial charge in [-0.2, -0.15) is 4.91 Å². The molecule has 2 fully saturated rings. The van der Waals surface area contributed by atoms with E-state index < -0.39 is 125 Å². The number of nitrogens with zero attached hydrogens (tertiary/aromatic N) is 3. The zero-order valence-corrected chi connectivity index (χ0v) is 48.8. The van der Waals surface area contributed by atoms with Crippen molar-refractivity contribution < 1.29 is 72.2 Å². The number of nitrogens with one attached hydrogen (secondary N) is 3. The predicted molar refractivity (Wildman–Crippen MR) is 302 cm³/mol. The van der Waals surface area contributed by atoms with Gasteiger partial charge in [0.15, 0.2) is 6.29 Å². The minimum absolute atomic E-state index is 0.0535. The maximum atomic E-state index is 14.3. The Balaban J connectivity index is 1.22. The quantitative estimate of drug-likeness (QED) is 0.0143. The number of hydrogen-bond acceptors (Lipinski definition) is 19. The van der Waals surface area contributed by atoms with Gasteiger partial charge in [-0.3, -0.25) is 14.9 Å². The number of amides is 3. The first-order valence-corrected chi connectivity index (χ1v) is 27.8. The number of carbonyl (C=O) groups excluding carboxylic acids is 4. The normalized spacial score (nSPS) is 26.8. The molecular weight excluding hydrogens is 1080 g/mol. The van der Waals surface area contributed by atoms with Crippen LogP contribution in [0.2, 0.25) is 0 Å². The van der Waals surface area contributed by atoms with E-state index >= 15 is 0 Å². The average molecular weight is 1160 g/mol. The highest BCUT2D eigenvalue weighted by Crippen LogP contribution is 2.45. The largest absolute Gasteiger partial charge is 0.491 e. The first-order valence-electron chi connectivity index (χ1n) is 27.8. The third kappa shape index (κ3) is 16.7. The van der Waals surface area contributed by atoms with Crippen molar-refractivity contribution in [3.8, 4) is 11.1 Å². The summed E-state index contributed by atoms with van der Waals surface area (Å²) in [6.45, 7) is 17.3. The number of nitro benzene ring substituents is 1. The van der Waals surface area contributed by atoms with Gasteiger partial charge in [-0.1, -0.05) is 60.6 Å². The molecule has 1 saturated heterocycles. The molecule has 1 saturated carbocycles. The predicted octanol–water partition coefficient (Wildman–Crippen LogP) is 7.79. The van der Waals surface area contributed by atoms with Crippen molar-refractivity contribution in [2.45, 2.75) is 179 Å². The fourth-order valence-electron chi connectivity index (χ4n) is 11.1. The van der Waals surface area contributed by atoms with Crippen LogP contribution in [0.25, 0.3) is 11.1 Å². The van der Waals surface area contributed by atoms with Gasteiger partial charge in [0.1, 0.15) is 60.6 Å². The second kappa shape index (κ2) is 26.0. The van der Waals surface area contributed by atoms with E-state index in [2.05, 4.69) is 26.1 Å². The Bertz CT molecular complexity index is 2830. The molecular formula is C59H79N7O17. The molecule has 24 nitrogen and oxygen atoms in total. The molecule has 12 atom stereocenters. The summed E-state index contributed by atoms with van der Waals surface area (Å²) in [5, 5.41) is 48.0. The van der Waals surface area contributed by atoms with E-state index in [1.165, 1.54) is 38.1 Å². The topological polar surface area (TPSA) is 330 Å². The van der Waals surface area contributed by atoms with Crippen molar-refractivity contribution >= 4 is 36.0 Å². The second-order valence-corrected chi connectivity index (χ2v) is 24.7. The number of nitro groups is 1. The number of aliphatic imine (C=N–C) groups is 1. The Hall–Kier alpha value is -7.41. The number of carbonyl (C=O) groups is 4. The lowest BCUT2D eigenvalue weighted by atomic mass is 9.72. The highest BCUT2D eigenvalue weighted by molar-refractivity contribution is 5.79. The number of benzene rings is 3. The molecule has 4 unspecified atom stereocenters. The number of hydrogen-bond donors (Lipinski definition) is 6. The zero-order chi connectivity index (χ0) is 60.8. The molecule has 24 heteroatoms. The lowest BCUT2D eigenvalue weighted by Crippen LogP contribution is -2.66. The van der Waals surface area contributed by atoms with Crippen LogP contribution < -0.4 is 21.7 Å². The van der Waals surface area contributed by atoms with Gasteiger partial charge in [0.2, 0.25) is 0 Å². The van der Waals surface area contributed by atoms with Crippen molar-refractivity contribution in [3.63, 3.8) is 0 Å². The molecule has 0 bridgehead atoms. The van der Waals surface area contributed by atoms with E-state index in [0.29, 0.717) is 5.56 Å². The first kappa shape index (κ1) is 63.2. The smallest absolute Gasteiger partial charge is 0.408 e. The number of aliphatic hydroxyl groups excluding tert-OH is 1. The van der Waals surface area contributed by atoms with Crippen LogP contribution in [0, 0.1) is 32.8 Å². The number of nitroso groups, excluding NO2 is 1. The highest BCUT2D eigenvalue weighted by atomic mass is 16.7. The standard InChI is InChI=1S/C59H79N7O17/c1-32(50(68)81-56(2,3)4)46-47(65-73)51(78-31-59(46,11)72)80-49-44(64-53(69)77-30-41-38-18-14-12-16-36(38)37-17-13-15-19-39(37)41)27-43(63-55(71)83-58(8,9)10)40(48(49)67)26-45-42(62-54(70)82-57(5,6)7)25-24-35(79-45)28-61-52(60)76-29-33-20-22-34(23-21-33)66(74)75/h12-24,32,40-49,51,67,72H,25-31H2,1-11H3,(H2,60,61)(H,62,70)(H,63,71)(H,64,69)/t32?,40-,42-,43?,44?,45-,46-,47-,48+,49+,51?,59+/m1/s1. The molecule has 3 amide bonds. The lowest BCUT2D eigenvalue weighted by Gasteiger charge is -2.50. The van der Waals surface area contributed by atoms with Crippen LogP contribution in [0.3, 0.4) is 0 Å². The molecule has 2 aliphatic heterocycles. The van der Waals surface area contributed by atoms with Crippen molar-refractivity contribution in [1.29, 1.82) is 0 Å². The summed E-state index contributed by atoms with van der Waals surface area (Å²) in [4.78, 5) is 83.5. The number of amidine groups is 1. The number of ether oxygens (including phenoxy) is 8. The fraction of sp³-hybridized carbons (Fsp3) is 0.576. The van der Waals surface area contributed by atoms with Crippen molar-refractivity contribution in [1.82, 2.24) is 16.0 Å². The molecule has 0 spiro atoms. The summed E-state index contributed by atoms with van der Waals surface area (Å²) in [7, 11) is 0. The van der Waals surface area contributed by atoms with E-state index in [1.54, 1.807) is 68.4 Å². The van der Waals surface area contributed by atoms with Gasteiger partial charge in [0.05, 0.1) is 41.2 Å². The summed E-state index contributed by atoms with van der Waals surface area (Å²) >= 11 is 0. The van der Waals surface area contributed by atoms with E-state index in [9.17, 15) is 44.4 Å². The number of rotatable bonds is 17. The van der Waals surface area contributed by atoms with Gasteiger partial charge >= 0.3 is 24.2 Å².